The molecule has 1 nitrogen and oxygen atoms in total. The third-order valence-corrected chi connectivity index (χ3v) is 3.55. The second-order valence-corrected chi connectivity index (χ2v) is 4.33. The summed E-state index contributed by atoms with van der Waals surface area (Å²) in [6, 6.07) is 0.659. The van der Waals surface area contributed by atoms with E-state index in [9.17, 15) is 0 Å². The summed E-state index contributed by atoms with van der Waals surface area (Å²) in [6.45, 7) is 8.10. The highest BCUT2D eigenvalue weighted by Crippen LogP contribution is 2.32. The number of fused-ring (bicyclic) bond motifs is 2. The Morgan fingerprint density at radius 1 is 1.31 bits per heavy atom. The molecule has 13 heavy (non-hydrogen) atoms. The van der Waals surface area contributed by atoms with E-state index in [2.05, 4.69) is 31.9 Å². The fraction of sp³-hybridized carbons (Fsp3) is 0.667. The molecule has 1 fully saturated rings. The minimum Gasteiger partial charge on any atom is -0.371 e. The minimum atomic E-state index is 0.659. The Balaban J connectivity index is 2.40. The van der Waals surface area contributed by atoms with Crippen molar-refractivity contribution in [3.8, 4) is 0 Å². The van der Waals surface area contributed by atoms with Crippen LogP contribution in [0, 0.1) is 0 Å². The van der Waals surface area contributed by atoms with Crippen molar-refractivity contribution >= 4 is 0 Å². The maximum Gasteiger partial charge on any atom is 0.0474 e. The van der Waals surface area contributed by atoms with E-state index in [1.54, 1.807) is 11.1 Å². The highest BCUT2D eigenvalue weighted by atomic mass is 15.1. The van der Waals surface area contributed by atoms with Gasteiger partial charge in [0, 0.05) is 18.8 Å². The molecular formula is C12H19N. The smallest absolute Gasteiger partial charge is 0.0474 e. The molecule has 0 amide bonds. The van der Waals surface area contributed by atoms with Crippen molar-refractivity contribution in [1.82, 2.24) is 4.90 Å². The Morgan fingerprint density at radius 3 is 2.85 bits per heavy atom. The van der Waals surface area contributed by atoms with Gasteiger partial charge in [-0.05, 0) is 56.8 Å². The SMILES string of the molecule is CC1=CN2CCCCC(=C1C)C2C. The summed E-state index contributed by atoms with van der Waals surface area (Å²) < 4.78 is 0. The average molecular weight is 177 g/mol. The van der Waals surface area contributed by atoms with E-state index in [1.165, 1.54) is 31.4 Å². The lowest BCUT2D eigenvalue weighted by atomic mass is 9.92. The van der Waals surface area contributed by atoms with E-state index in [0.717, 1.165) is 0 Å². The van der Waals surface area contributed by atoms with Crippen LogP contribution in [0.25, 0.3) is 0 Å². The van der Waals surface area contributed by atoms with Gasteiger partial charge in [-0.15, -0.1) is 0 Å². The zero-order valence-electron chi connectivity index (χ0n) is 8.93. The van der Waals surface area contributed by atoms with E-state index in [-0.39, 0.29) is 0 Å². The summed E-state index contributed by atoms with van der Waals surface area (Å²) in [5.74, 6) is 0. The monoisotopic (exact) mass is 177 g/mol. The fourth-order valence-electron chi connectivity index (χ4n) is 2.49. The van der Waals surface area contributed by atoms with E-state index in [4.69, 9.17) is 0 Å². The summed E-state index contributed by atoms with van der Waals surface area (Å²) in [4.78, 5) is 2.50. The molecule has 2 rings (SSSR count). The van der Waals surface area contributed by atoms with Crippen LogP contribution < -0.4 is 0 Å². The second kappa shape index (κ2) is 3.21. The van der Waals surface area contributed by atoms with E-state index in [1.807, 2.05) is 0 Å². The quantitative estimate of drug-likeness (QED) is 0.549. The average Bonchev–Trinajstić information content (AvgIpc) is 2.23. The maximum atomic E-state index is 2.50. The zero-order chi connectivity index (χ0) is 9.42. The van der Waals surface area contributed by atoms with Crippen molar-refractivity contribution in [2.24, 2.45) is 0 Å². The van der Waals surface area contributed by atoms with Crippen molar-refractivity contribution < 1.29 is 0 Å². The van der Waals surface area contributed by atoms with Crippen LogP contribution in [0.15, 0.2) is 22.9 Å². The predicted molar refractivity (Wildman–Crippen MR) is 56.5 cm³/mol. The molecule has 2 aliphatic heterocycles. The molecule has 1 atom stereocenters. The van der Waals surface area contributed by atoms with E-state index in [0.29, 0.717) is 6.04 Å². The van der Waals surface area contributed by atoms with Gasteiger partial charge in [-0.3, -0.25) is 0 Å². The fourth-order valence-corrected chi connectivity index (χ4v) is 2.49. The van der Waals surface area contributed by atoms with Crippen LogP contribution in [0.3, 0.4) is 0 Å². The van der Waals surface area contributed by atoms with Gasteiger partial charge in [0.15, 0.2) is 0 Å². The van der Waals surface area contributed by atoms with Crippen LogP contribution in [0.1, 0.15) is 40.0 Å². The molecule has 0 spiro atoms. The second-order valence-electron chi connectivity index (χ2n) is 4.33. The van der Waals surface area contributed by atoms with Gasteiger partial charge < -0.3 is 4.90 Å². The number of hydrogen-bond donors (Lipinski definition) is 0. The molecule has 0 saturated carbocycles. The molecule has 0 aromatic rings. The first-order chi connectivity index (χ1) is 6.20. The first-order valence-electron chi connectivity index (χ1n) is 5.34. The van der Waals surface area contributed by atoms with Gasteiger partial charge in [-0.25, -0.2) is 0 Å². The molecule has 2 bridgehead atoms. The zero-order valence-corrected chi connectivity index (χ0v) is 8.93. The maximum absolute atomic E-state index is 2.50. The van der Waals surface area contributed by atoms with Gasteiger partial charge >= 0.3 is 0 Å². The van der Waals surface area contributed by atoms with E-state index >= 15 is 0 Å². The Labute approximate surface area is 81.1 Å². The molecular weight excluding hydrogens is 158 g/mol. The van der Waals surface area contributed by atoms with Gasteiger partial charge in [0.2, 0.25) is 0 Å². The molecule has 72 valence electrons. The Morgan fingerprint density at radius 2 is 2.08 bits per heavy atom. The van der Waals surface area contributed by atoms with Crippen molar-refractivity contribution in [2.45, 2.75) is 46.1 Å². The van der Waals surface area contributed by atoms with Crippen molar-refractivity contribution in [2.75, 3.05) is 6.54 Å². The molecule has 0 aromatic carbocycles. The topological polar surface area (TPSA) is 3.24 Å². The summed E-state index contributed by atoms with van der Waals surface area (Å²) in [5, 5.41) is 0. The predicted octanol–water partition coefficient (Wildman–Crippen LogP) is 3.09. The lowest BCUT2D eigenvalue weighted by molar-refractivity contribution is 0.326. The first-order valence-corrected chi connectivity index (χ1v) is 5.34. The third-order valence-electron chi connectivity index (χ3n) is 3.55. The summed E-state index contributed by atoms with van der Waals surface area (Å²) in [7, 11) is 0. The van der Waals surface area contributed by atoms with Crippen molar-refractivity contribution in [1.29, 1.82) is 0 Å². The summed E-state index contributed by atoms with van der Waals surface area (Å²) in [6.07, 6.45) is 6.38. The largest absolute Gasteiger partial charge is 0.371 e. The molecule has 1 unspecified atom stereocenters. The van der Waals surface area contributed by atoms with Gasteiger partial charge in [-0.2, -0.15) is 0 Å². The summed E-state index contributed by atoms with van der Waals surface area (Å²) in [5.41, 5.74) is 4.69. The number of nitrogens with zero attached hydrogens (tertiary/aromatic N) is 1. The Bertz CT molecular complexity index is 273. The van der Waals surface area contributed by atoms with Crippen molar-refractivity contribution in [3.05, 3.63) is 22.9 Å². The summed E-state index contributed by atoms with van der Waals surface area (Å²) >= 11 is 0. The minimum absolute atomic E-state index is 0.659. The van der Waals surface area contributed by atoms with Gasteiger partial charge in [0.25, 0.3) is 0 Å². The standard InChI is InChI=1S/C12H19N/c1-9-8-13-7-5-4-6-12(10(9)2)11(13)3/h8,11H,4-7H2,1-3H3. The van der Waals surface area contributed by atoms with Crippen LogP contribution in [-0.2, 0) is 0 Å². The molecule has 1 heteroatoms. The van der Waals surface area contributed by atoms with Crippen LogP contribution in [0.5, 0.6) is 0 Å². The van der Waals surface area contributed by atoms with Crippen LogP contribution in [-0.4, -0.2) is 17.5 Å². The molecule has 0 aliphatic carbocycles. The number of hydrogen-bond acceptors (Lipinski definition) is 1. The molecule has 0 N–H and O–H groups in total. The van der Waals surface area contributed by atoms with Crippen LogP contribution >= 0.6 is 0 Å². The lowest BCUT2D eigenvalue weighted by Crippen LogP contribution is -2.32. The number of rotatable bonds is 0. The highest BCUT2D eigenvalue weighted by molar-refractivity contribution is 5.38. The van der Waals surface area contributed by atoms with Crippen LogP contribution in [0.2, 0.25) is 0 Å². The van der Waals surface area contributed by atoms with Crippen molar-refractivity contribution in [3.63, 3.8) is 0 Å². The molecule has 1 saturated heterocycles. The first kappa shape index (κ1) is 8.86. The molecule has 2 aliphatic rings. The lowest BCUT2D eigenvalue weighted by Gasteiger charge is -2.33. The van der Waals surface area contributed by atoms with Gasteiger partial charge in [0.05, 0.1) is 0 Å². The highest BCUT2D eigenvalue weighted by Gasteiger charge is 2.24. The van der Waals surface area contributed by atoms with Gasteiger partial charge in [-0.1, -0.05) is 0 Å². The Kier molecular flexibility index (Phi) is 2.19. The molecule has 2 heterocycles. The third kappa shape index (κ3) is 1.41. The van der Waals surface area contributed by atoms with Gasteiger partial charge in [0.1, 0.15) is 0 Å². The van der Waals surface area contributed by atoms with Crippen LogP contribution in [0.4, 0.5) is 0 Å². The Hall–Kier alpha value is -0.720. The van der Waals surface area contributed by atoms with E-state index < -0.39 is 0 Å². The molecule has 0 radical (unpaired) electrons. The number of allylic oxidation sites excluding steroid dienone is 2. The molecule has 0 aromatic heterocycles. The normalized spacial score (nSPS) is 28.7.